The number of fused-ring (bicyclic) bond motifs is 1. The normalized spacial score (nSPS) is 22.2. The average Bonchev–Trinajstić information content (AvgIpc) is 3.28. The van der Waals surface area contributed by atoms with Gasteiger partial charge in [0.15, 0.2) is 0 Å². The van der Waals surface area contributed by atoms with Crippen molar-refractivity contribution >= 4 is 17.5 Å². The van der Waals surface area contributed by atoms with Gasteiger partial charge in [-0.25, -0.2) is 4.39 Å². The number of hydrogen-bond donors (Lipinski definition) is 1. The summed E-state index contributed by atoms with van der Waals surface area (Å²) in [6.07, 6.45) is 2.44. The summed E-state index contributed by atoms with van der Waals surface area (Å²) in [5.41, 5.74) is 1.12. The quantitative estimate of drug-likeness (QED) is 0.930. The number of rotatable bonds is 3. The van der Waals surface area contributed by atoms with Gasteiger partial charge in [-0.3, -0.25) is 9.59 Å². The van der Waals surface area contributed by atoms with Gasteiger partial charge in [0.25, 0.3) is 0 Å². The van der Waals surface area contributed by atoms with E-state index in [0.29, 0.717) is 17.2 Å². The van der Waals surface area contributed by atoms with E-state index in [9.17, 15) is 14.0 Å². The number of halogens is 1. The van der Waals surface area contributed by atoms with Crippen LogP contribution in [0.1, 0.15) is 37.7 Å². The highest BCUT2D eigenvalue weighted by molar-refractivity contribution is 6.01. The molecule has 0 unspecified atom stereocenters. The highest BCUT2D eigenvalue weighted by atomic mass is 19.1. The minimum Gasteiger partial charge on any atom is -0.342 e. The molecule has 2 aliphatic rings. The molecule has 0 spiro atoms. The minimum absolute atomic E-state index is 0.0582. The Morgan fingerprint density at radius 2 is 2.14 bits per heavy atom. The molecule has 0 radical (unpaired) electrons. The molecule has 1 N–H and O–H groups in total. The van der Waals surface area contributed by atoms with Crippen LogP contribution in [0.4, 0.5) is 10.1 Å². The molecule has 2 amide bonds. The summed E-state index contributed by atoms with van der Waals surface area (Å²) in [6, 6.07) is 4.40. The van der Waals surface area contributed by atoms with E-state index in [2.05, 4.69) is 5.32 Å². The first-order valence-corrected chi connectivity index (χ1v) is 7.33. The molecule has 1 saturated carbocycles. The summed E-state index contributed by atoms with van der Waals surface area (Å²) in [4.78, 5) is 26.2. The summed E-state index contributed by atoms with van der Waals surface area (Å²) in [7, 11) is 1.79. The van der Waals surface area contributed by atoms with E-state index >= 15 is 0 Å². The second kappa shape index (κ2) is 5.13. The van der Waals surface area contributed by atoms with E-state index in [-0.39, 0.29) is 24.3 Å². The number of carbonyl (C=O) groups is 2. The zero-order valence-electron chi connectivity index (χ0n) is 12.2. The molecule has 21 heavy (non-hydrogen) atoms. The topological polar surface area (TPSA) is 49.4 Å². The summed E-state index contributed by atoms with van der Waals surface area (Å²) >= 11 is 0. The molecular formula is C16H19FN2O2. The van der Waals surface area contributed by atoms with E-state index in [1.54, 1.807) is 18.0 Å². The van der Waals surface area contributed by atoms with E-state index in [4.69, 9.17) is 0 Å². The fraction of sp³-hybridized carbons (Fsp3) is 0.500. The third-order valence-electron chi connectivity index (χ3n) is 4.62. The van der Waals surface area contributed by atoms with Crippen molar-refractivity contribution in [1.29, 1.82) is 0 Å². The number of hydrogen-bond acceptors (Lipinski definition) is 2. The molecule has 0 saturated heterocycles. The summed E-state index contributed by atoms with van der Waals surface area (Å²) in [5, 5.41) is 2.64. The fourth-order valence-electron chi connectivity index (χ4n) is 3.00. The molecule has 1 aromatic carbocycles. The van der Waals surface area contributed by atoms with Crippen LogP contribution in [-0.2, 0) is 9.59 Å². The Morgan fingerprint density at radius 3 is 2.81 bits per heavy atom. The number of amides is 2. The van der Waals surface area contributed by atoms with E-state index in [1.165, 1.54) is 12.1 Å². The molecule has 4 nitrogen and oxygen atoms in total. The first-order valence-electron chi connectivity index (χ1n) is 7.33. The lowest BCUT2D eigenvalue weighted by atomic mass is 9.89. The maximum Gasteiger partial charge on any atom is 0.230 e. The molecule has 1 aromatic rings. The number of benzene rings is 1. The van der Waals surface area contributed by atoms with E-state index in [1.807, 2.05) is 6.92 Å². The van der Waals surface area contributed by atoms with Gasteiger partial charge in [0.1, 0.15) is 5.82 Å². The standard InChI is InChI=1S/C16H19FN2O2/c1-9(10-3-4-10)19(2)16(21)13-8-15(20)18-14-7-11(17)5-6-12(13)14/h5-7,9-10,13H,3-4,8H2,1-2H3,(H,18,20)/t9-,13-/m1/s1. The summed E-state index contributed by atoms with van der Waals surface area (Å²) in [6.45, 7) is 2.05. The third kappa shape index (κ3) is 2.64. The molecule has 1 fully saturated rings. The van der Waals surface area contributed by atoms with Crippen molar-refractivity contribution in [3.8, 4) is 0 Å². The van der Waals surface area contributed by atoms with Gasteiger partial charge in [-0.15, -0.1) is 0 Å². The lowest BCUT2D eigenvalue weighted by Crippen LogP contribution is -2.41. The number of carbonyl (C=O) groups excluding carboxylic acids is 2. The zero-order chi connectivity index (χ0) is 15.1. The molecule has 0 bridgehead atoms. The van der Waals surface area contributed by atoms with Crippen LogP contribution in [0, 0.1) is 11.7 Å². The molecule has 3 rings (SSSR count). The molecule has 5 heteroatoms. The van der Waals surface area contributed by atoms with Crippen molar-refractivity contribution in [3.63, 3.8) is 0 Å². The number of nitrogens with zero attached hydrogens (tertiary/aromatic N) is 1. The number of anilines is 1. The monoisotopic (exact) mass is 290 g/mol. The molecule has 0 aromatic heterocycles. The first-order chi connectivity index (χ1) is 9.97. The Morgan fingerprint density at radius 1 is 1.43 bits per heavy atom. The number of nitrogens with one attached hydrogen (secondary N) is 1. The van der Waals surface area contributed by atoms with Crippen LogP contribution < -0.4 is 5.32 Å². The van der Waals surface area contributed by atoms with Crippen molar-refractivity contribution in [2.45, 2.75) is 38.1 Å². The molecule has 1 aliphatic heterocycles. The molecular weight excluding hydrogens is 271 g/mol. The van der Waals surface area contributed by atoms with Crippen LogP contribution in [0.25, 0.3) is 0 Å². The van der Waals surface area contributed by atoms with Crippen LogP contribution in [0.3, 0.4) is 0 Å². The predicted molar refractivity (Wildman–Crippen MR) is 77.3 cm³/mol. The Labute approximate surface area is 123 Å². The van der Waals surface area contributed by atoms with Crippen LogP contribution in [-0.4, -0.2) is 29.8 Å². The Hall–Kier alpha value is -1.91. The summed E-state index contributed by atoms with van der Waals surface area (Å²) < 4.78 is 13.3. The Kier molecular flexibility index (Phi) is 3.43. The third-order valence-corrected chi connectivity index (χ3v) is 4.62. The van der Waals surface area contributed by atoms with Crippen molar-refractivity contribution in [2.75, 3.05) is 12.4 Å². The SMILES string of the molecule is C[C@H](C1CC1)N(C)C(=O)[C@@H]1CC(=O)Nc2cc(F)ccc21. The van der Waals surface area contributed by atoms with Crippen LogP contribution >= 0.6 is 0 Å². The van der Waals surface area contributed by atoms with Gasteiger partial charge in [0.2, 0.25) is 11.8 Å². The second-order valence-electron chi connectivity index (χ2n) is 6.06. The van der Waals surface area contributed by atoms with Crippen molar-refractivity contribution < 1.29 is 14.0 Å². The molecule has 1 aliphatic carbocycles. The number of likely N-dealkylation sites (N-methyl/N-ethyl adjacent to an activating group) is 1. The maximum atomic E-state index is 13.3. The predicted octanol–water partition coefficient (Wildman–Crippen LogP) is 2.51. The van der Waals surface area contributed by atoms with Gasteiger partial charge >= 0.3 is 0 Å². The Bertz CT molecular complexity index is 598. The molecule has 2 atom stereocenters. The van der Waals surface area contributed by atoms with Crippen molar-refractivity contribution in [1.82, 2.24) is 4.90 Å². The minimum atomic E-state index is -0.513. The van der Waals surface area contributed by atoms with Crippen LogP contribution in [0.2, 0.25) is 0 Å². The van der Waals surface area contributed by atoms with E-state index < -0.39 is 11.7 Å². The van der Waals surface area contributed by atoms with Gasteiger partial charge in [-0.2, -0.15) is 0 Å². The lowest BCUT2D eigenvalue weighted by molar-refractivity contribution is -0.135. The Balaban J connectivity index is 1.88. The smallest absolute Gasteiger partial charge is 0.230 e. The molecule has 1 heterocycles. The van der Waals surface area contributed by atoms with Gasteiger partial charge in [-0.1, -0.05) is 6.07 Å². The summed E-state index contributed by atoms with van der Waals surface area (Å²) in [5.74, 6) is -0.650. The second-order valence-corrected chi connectivity index (χ2v) is 6.06. The van der Waals surface area contributed by atoms with Crippen molar-refractivity contribution in [3.05, 3.63) is 29.6 Å². The lowest BCUT2D eigenvalue weighted by Gasteiger charge is -2.32. The van der Waals surface area contributed by atoms with Gasteiger partial charge in [0.05, 0.1) is 5.92 Å². The largest absolute Gasteiger partial charge is 0.342 e. The first kappa shape index (κ1) is 14.0. The van der Waals surface area contributed by atoms with Gasteiger partial charge in [-0.05, 0) is 43.4 Å². The van der Waals surface area contributed by atoms with E-state index in [0.717, 1.165) is 12.8 Å². The highest BCUT2D eigenvalue weighted by Crippen LogP contribution is 2.38. The average molecular weight is 290 g/mol. The van der Waals surface area contributed by atoms with Gasteiger partial charge in [0, 0.05) is 25.2 Å². The molecule has 112 valence electrons. The van der Waals surface area contributed by atoms with Crippen LogP contribution in [0.15, 0.2) is 18.2 Å². The van der Waals surface area contributed by atoms with Crippen LogP contribution in [0.5, 0.6) is 0 Å². The van der Waals surface area contributed by atoms with Gasteiger partial charge < -0.3 is 10.2 Å². The highest BCUT2D eigenvalue weighted by Gasteiger charge is 2.37. The zero-order valence-corrected chi connectivity index (χ0v) is 12.2. The maximum absolute atomic E-state index is 13.3. The fourth-order valence-corrected chi connectivity index (χ4v) is 3.00. The van der Waals surface area contributed by atoms with Crippen molar-refractivity contribution in [2.24, 2.45) is 5.92 Å².